The Morgan fingerprint density at radius 1 is 1.26 bits per heavy atom. The number of thiophene rings is 1. The second-order valence-corrected chi connectivity index (χ2v) is 6.43. The summed E-state index contributed by atoms with van der Waals surface area (Å²) in [6, 6.07) is 4.16. The minimum Gasteiger partial charge on any atom is -0.508 e. The highest BCUT2D eigenvalue weighted by atomic mass is 32.1. The Morgan fingerprint density at radius 2 is 2.00 bits per heavy atom. The smallest absolute Gasteiger partial charge is 0.283 e. The Hall–Kier alpha value is -2.67. The van der Waals surface area contributed by atoms with Gasteiger partial charge in [0, 0.05) is 16.5 Å². The Morgan fingerprint density at radius 3 is 2.70 bits per heavy atom. The van der Waals surface area contributed by atoms with Gasteiger partial charge in [-0.25, -0.2) is 4.98 Å². The molecule has 2 aromatic heterocycles. The summed E-state index contributed by atoms with van der Waals surface area (Å²) < 4.78 is 1.22. The molecule has 0 aliphatic rings. The molecule has 1 aromatic carbocycles. The molecule has 3 aromatic rings. The summed E-state index contributed by atoms with van der Waals surface area (Å²) in [7, 11) is 0. The van der Waals surface area contributed by atoms with Gasteiger partial charge in [-0.1, -0.05) is 0 Å². The SMILES string of the molecule is Cc1sc2nc(C)n(/N=C/c3ccc(O)cc3O)c(=O)c2c1C. The Labute approximate surface area is 136 Å². The summed E-state index contributed by atoms with van der Waals surface area (Å²) in [4.78, 5) is 18.9. The van der Waals surface area contributed by atoms with Crippen molar-refractivity contribution in [2.45, 2.75) is 20.8 Å². The molecule has 0 fully saturated rings. The fraction of sp³-hybridized carbons (Fsp3) is 0.188. The molecule has 2 N–H and O–H groups in total. The van der Waals surface area contributed by atoms with Gasteiger partial charge in [-0.15, -0.1) is 11.3 Å². The Bertz CT molecular complexity index is 1000. The van der Waals surface area contributed by atoms with Crippen LogP contribution < -0.4 is 5.56 Å². The Kier molecular flexibility index (Phi) is 3.65. The molecule has 0 amide bonds. The first kappa shape index (κ1) is 15.2. The van der Waals surface area contributed by atoms with Crippen LogP contribution in [0.2, 0.25) is 0 Å². The number of rotatable bonds is 2. The molecular weight excluding hydrogens is 314 g/mol. The molecule has 0 unspecified atom stereocenters. The first-order valence-corrected chi connectivity index (χ1v) is 7.76. The molecule has 0 bridgehead atoms. The highest BCUT2D eigenvalue weighted by Gasteiger charge is 2.14. The number of benzene rings is 1. The van der Waals surface area contributed by atoms with Crippen LogP contribution in [0.5, 0.6) is 11.5 Å². The molecule has 7 heteroatoms. The van der Waals surface area contributed by atoms with Gasteiger partial charge in [-0.05, 0) is 38.5 Å². The zero-order valence-corrected chi connectivity index (χ0v) is 13.7. The fourth-order valence-electron chi connectivity index (χ4n) is 2.28. The van der Waals surface area contributed by atoms with Crippen LogP contribution in [0.15, 0.2) is 28.1 Å². The van der Waals surface area contributed by atoms with Crippen LogP contribution in [0, 0.1) is 20.8 Å². The van der Waals surface area contributed by atoms with Crippen molar-refractivity contribution < 1.29 is 10.2 Å². The van der Waals surface area contributed by atoms with E-state index in [4.69, 9.17) is 0 Å². The van der Waals surface area contributed by atoms with E-state index in [1.54, 1.807) is 6.92 Å². The second-order valence-electron chi connectivity index (χ2n) is 5.23. The third-order valence-corrected chi connectivity index (χ3v) is 4.77. The van der Waals surface area contributed by atoms with Crippen LogP contribution in [-0.2, 0) is 0 Å². The van der Waals surface area contributed by atoms with Gasteiger partial charge in [0.1, 0.15) is 22.2 Å². The number of aryl methyl sites for hydroxylation is 3. The van der Waals surface area contributed by atoms with Gasteiger partial charge in [-0.2, -0.15) is 9.78 Å². The summed E-state index contributed by atoms with van der Waals surface area (Å²) in [5, 5.41) is 23.8. The first-order valence-electron chi connectivity index (χ1n) is 6.94. The number of phenolic OH excluding ortho intramolecular Hbond substituents is 2. The number of phenols is 2. The van der Waals surface area contributed by atoms with E-state index >= 15 is 0 Å². The van der Waals surface area contributed by atoms with Crippen LogP contribution in [0.3, 0.4) is 0 Å². The molecule has 118 valence electrons. The van der Waals surface area contributed by atoms with E-state index in [-0.39, 0.29) is 17.1 Å². The molecule has 6 nitrogen and oxygen atoms in total. The van der Waals surface area contributed by atoms with Crippen LogP contribution in [0.1, 0.15) is 21.8 Å². The van der Waals surface area contributed by atoms with Crippen molar-refractivity contribution >= 4 is 27.8 Å². The summed E-state index contributed by atoms with van der Waals surface area (Å²) in [6.45, 7) is 5.56. The van der Waals surface area contributed by atoms with Crippen molar-refractivity contribution in [2.24, 2.45) is 5.10 Å². The molecule has 23 heavy (non-hydrogen) atoms. The summed E-state index contributed by atoms with van der Waals surface area (Å²) in [5.41, 5.74) is 1.08. The first-order chi connectivity index (χ1) is 10.9. The van der Waals surface area contributed by atoms with Gasteiger partial charge in [0.05, 0.1) is 11.6 Å². The summed E-state index contributed by atoms with van der Waals surface area (Å²) in [5.74, 6) is 0.315. The van der Waals surface area contributed by atoms with Crippen molar-refractivity contribution in [2.75, 3.05) is 0 Å². The Balaban J connectivity index is 2.15. The molecule has 0 spiro atoms. The van der Waals surface area contributed by atoms with Gasteiger partial charge < -0.3 is 10.2 Å². The zero-order valence-electron chi connectivity index (χ0n) is 12.9. The van der Waals surface area contributed by atoms with Gasteiger partial charge in [0.25, 0.3) is 5.56 Å². The number of hydrogen-bond acceptors (Lipinski definition) is 6. The highest BCUT2D eigenvalue weighted by molar-refractivity contribution is 7.18. The lowest BCUT2D eigenvalue weighted by atomic mass is 10.2. The van der Waals surface area contributed by atoms with E-state index in [0.717, 1.165) is 10.4 Å². The maximum absolute atomic E-state index is 12.7. The maximum atomic E-state index is 12.7. The standard InChI is InChI=1S/C16H15N3O3S/c1-8-9(2)23-15-14(8)16(22)19(10(3)18-15)17-7-11-4-5-12(20)6-13(11)21/h4-7,20-21H,1-3H3/b17-7+. The zero-order chi connectivity index (χ0) is 16.7. The van der Waals surface area contributed by atoms with Crippen LogP contribution >= 0.6 is 11.3 Å². The normalized spacial score (nSPS) is 11.6. The lowest BCUT2D eigenvalue weighted by Gasteiger charge is -2.04. The van der Waals surface area contributed by atoms with E-state index < -0.39 is 0 Å². The number of aromatic hydroxyl groups is 2. The highest BCUT2D eigenvalue weighted by Crippen LogP contribution is 2.26. The van der Waals surface area contributed by atoms with Gasteiger partial charge >= 0.3 is 0 Å². The predicted molar refractivity (Wildman–Crippen MR) is 90.9 cm³/mol. The average Bonchev–Trinajstić information content (AvgIpc) is 2.75. The topological polar surface area (TPSA) is 87.7 Å². The third kappa shape index (κ3) is 2.59. The second kappa shape index (κ2) is 5.51. The molecule has 0 aliphatic heterocycles. The molecule has 2 heterocycles. The third-order valence-electron chi connectivity index (χ3n) is 3.67. The van der Waals surface area contributed by atoms with Crippen LogP contribution in [0.25, 0.3) is 10.2 Å². The fourth-order valence-corrected chi connectivity index (χ4v) is 3.35. The van der Waals surface area contributed by atoms with Gasteiger partial charge in [-0.3, -0.25) is 4.79 Å². The molecule has 0 radical (unpaired) electrons. The van der Waals surface area contributed by atoms with Crippen molar-refractivity contribution in [1.82, 2.24) is 9.66 Å². The lowest BCUT2D eigenvalue weighted by molar-refractivity contribution is 0.450. The minimum atomic E-state index is -0.233. The summed E-state index contributed by atoms with van der Waals surface area (Å²) >= 11 is 1.49. The largest absolute Gasteiger partial charge is 0.508 e. The monoisotopic (exact) mass is 329 g/mol. The van der Waals surface area contributed by atoms with E-state index in [1.165, 1.54) is 40.4 Å². The van der Waals surface area contributed by atoms with E-state index in [1.807, 2.05) is 13.8 Å². The number of nitrogens with zero attached hydrogens (tertiary/aromatic N) is 3. The number of hydrogen-bond donors (Lipinski definition) is 2. The van der Waals surface area contributed by atoms with E-state index in [9.17, 15) is 15.0 Å². The molecular formula is C16H15N3O3S. The van der Waals surface area contributed by atoms with Crippen molar-refractivity contribution in [3.8, 4) is 11.5 Å². The van der Waals surface area contributed by atoms with Crippen molar-refractivity contribution in [3.05, 3.63) is 50.4 Å². The van der Waals surface area contributed by atoms with E-state index in [2.05, 4.69) is 10.1 Å². The van der Waals surface area contributed by atoms with Crippen LogP contribution in [-0.4, -0.2) is 26.1 Å². The molecule has 0 atom stereocenters. The minimum absolute atomic E-state index is 0.0412. The van der Waals surface area contributed by atoms with Crippen molar-refractivity contribution in [1.29, 1.82) is 0 Å². The van der Waals surface area contributed by atoms with Gasteiger partial charge in [0.2, 0.25) is 0 Å². The van der Waals surface area contributed by atoms with Crippen molar-refractivity contribution in [3.63, 3.8) is 0 Å². The molecule has 3 rings (SSSR count). The molecule has 0 aliphatic carbocycles. The molecule has 0 saturated carbocycles. The summed E-state index contributed by atoms with van der Waals surface area (Å²) in [6.07, 6.45) is 1.37. The molecule has 0 saturated heterocycles. The van der Waals surface area contributed by atoms with Crippen LogP contribution in [0.4, 0.5) is 0 Å². The maximum Gasteiger partial charge on any atom is 0.283 e. The quantitative estimate of drug-likeness (QED) is 0.708. The van der Waals surface area contributed by atoms with E-state index in [0.29, 0.717) is 21.6 Å². The number of fused-ring (bicyclic) bond motifs is 1. The predicted octanol–water partition coefficient (Wildman–Crippen LogP) is 2.68. The number of aromatic nitrogens is 2. The van der Waals surface area contributed by atoms with Gasteiger partial charge in [0.15, 0.2) is 0 Å². The lowest BCUT2D eigenvalue weighted by Crippen LogP contribution is -2.20. The average molecular weight is 329 g/mol.